The van der Waals surface area contributed by atoms with Gasteiger partial charge in [0.15, 0.2) is 11.5 Å². The van der Waals surface area contributed by atoms with Crippen molar-refractivity contribution in [2.45, 2.75) is 13.0 Å². The summed E-state index contributed by atoms with van der Waals surface area (Å²) in [5.41, 5.74) is 8.11. The predicted molar refractivity (Wildman–Crippen MR) is 91.3 cm³/mol. The summed E-state index contributed by atoms with van der Waals surface area (Å²) in [6, 6.07) is 12.3. The summed E-state index contributed by atoms with van der Waals surface area (Å²) in [7, 11) is 3.12. The Balaban J connectivity index is 2.21. The Labute approximate surface area is 139 Å². The van der Waals surface area contributed by atoms with Crippen LogP contribution in [0.15, 0.2) is 42.5 Å². The molecule has 0 aliphatic heterocycles. The highest BCUT2D eigenvalue weighted by molar-refractivity contribution is 5.86. The molecule has 0 spiro atoms. The molecule has 1 heterocycles. The normalized spacial score (nSPS) is 12.1. The van der Waals surface area contributed by atoms with Crippen LogP contribution in [0.4, 0.5) is 0 Å². The van der Waals surface area contributed by atoms with Crippen LogP contribution in [0.5, 0.6) is 11.5 Å². The first-order valence-electron chi connectivity index (χ1n) is 7.51. The number of carbonyl (C=O) groups is 1. The number of imidazole rings is 1. The predicted octanol–water partition coefficient (Wildman–Crippen LogP) is 2.44. The van der Waals surface area contributed by atoms with Crippen LogP contribution in [0, 0.1) is 6.92 Å². The van der Waals surface area contributed by atoms with Crippen molar-refractivity contribution in [3.8, 4) is 11.5 Å². The number of carbonyl (C=O) groups excluding carboxylic acids is 1. The summed E-state index contributed by atoms with van der Waals surface area (Å²) in [6.07, 6.45) is 0. The zero-order valence-corrected chi connectivity index (χ0v) is 13.8. The molecule has 1 atom stereocenters. The third-order valence-corrected chi connectivity index (χ3v) is 4.02. The first kappa shape index (κ1) is 15.9. The minimum absolute atomic E-state index is 0.464. The van der Waals surface area contributed by atoms with Crippen molar-refractivity contribution < 1.29 is 14.3 Å². The number of para-hydroxylation sites is 2. The first-order chi connectivity index (χ1) is 11.6. The Bertz CT molecular complexity index is 902. The molecule has 0 aliphatic carbocycles. The highest BCUT2D eigenvalue weighted by atomic mass is 16.5. The maximum atomic E-state index is 12.2. The van der Waals surface area contributed by atoms with Crippen molar-refractivity contribution in [1.29, 1.82) is 0 Å². The van der Waals surface area contributed by atoms with E-state index in [-0.39, 0.29) is 0 Å². The average molecular weight is 325 g/mol. The lowest BCUT2D eigenvalue weighted by Gasteiger charge is -2.20. The third-order valence-electron chi connectivity index (χ3n) is 4.02. The molecule has 0 saturated heterocycles. The SMILES string of the molecule is COc1ccc(C(C(N)=O)n2c(C)nc3ccccc32)cc1OC. The fourth-order valence-corrected chi connectivity index (χ4v) is 2.95. The van der Waals surface area contributed by atoms with Gasteiger partial charge in [-0.3, -0.25) is 4.79 Å². The van der Waals surface area contributed by atoms with Gasteiger partial charge in [0.25, 0.3) is 0 Å². The van der Waals surface area contributed by atoms with E-state index >= 15 is 0 Å². The zero-order chi connectivity index (χ0) is 17.3. The number of aromatic nitrogens is 2. The topological polar surface area (TPSA) is 79.4 Å². The van der Waals surface area contributed by atoms with Crippen molar-refractivity contribution in [3.05, 3.63) is 53.9 Å². The van der Waals surface area contributed by atoms with Crippen LogP contribution >= 0.6 is 0 Å². The quantitative estimate of drug-likeness (QED) is 0.781. The van der Waals surface area contributed by atoms with E-state index in [1.54, 1.807) is 26.4 Å². The summed E-state index contributed by atoms with van der Waals surface area (Å²) in [4.78, 5) is 16.8. The zero-order valence-electron chi connectivity index (χ0n) is 13.8. The molecule has 1 aromatic heterocycles. The van der Waals surface area contributed by atoms with Crippen molar-refractivity contribution >= 4 is 16.9 Å². The second kappa shape index (κ2) is 6.23. The molecule has 0 bridgehead atoms. The van der Waals surface area contributed by atoms with E-state index in [1.807, 2.05) is 41.8 Å². The molecule has 3 aromatic rings. The molecule has 24 heavy (non-hydrogen) atoms. The second-order valence-corrected chi connectivity index (χ2v) is 5.44. The summed E-state index contributed by atoms with van der Waals surface area (Å²) >= 11 is 0. The number of nitrogens with zero attached hydrogens (tertiary/aromatic N) is 2. The molecule has 0 fully saturated rings. The lowest BCUT2D eigenvalue weighted by molar-refractivity contribution is -0.120. The number of nitrogens with two attached hydrogens (primary N) is 1. The molecule has 1 unspecified atom stereocenters. The molecule has 6 nitrogen and oxygen atoms in total. The van der Waals surface area contributed by atoms with Gasteiger partial charge in [-0.1, -0.05) is 18.2 Å². The van der Waals surface area contributed by atoms with E-state index in [2.05, 4.69) is 4.98 Å². The van der Waals surface area contributed by atoms with E-state index in [9.17, 15) is 4.79 Å². The molecule has 3 rings (SSSR count). The smallest absolute Gasteiger partial charge is 0.245 e. The van der Waals surface area contributed by atoms with Crippen LogP contribution in [-0.4, -0.2) is 29.7 Å². The molecule has 124 valence electrons. The summed E-state index contributed by atoms with van der Waals surface area (Å²) in [6.45, 7) is 1.86. The highest BCUT2D eigenvalue weighted by Crippen LogP contribution is 2.33. The molecule has 0 radical (unpaired) electrons. The van der Waals surface area contributed by atoms with Crippen LogP contribution in [0.1, 0.15) is 17.4 Å². The van der Waals surface area contributed by atoms with Crippen LogP contribution in [0.25, 0.3) is 11.0 Å². The van der Waals surface area contributed by atoms with Gasteiger partial charge in [0.1, 0.15) is 11.9 Å². The monoisotopic (exact) mass is 325 g/mol. The van der Waals surface area contributed by atoms with E-state index in [1.165, 1.54) is 0 Å². The Kier molecular flexibility index (Phi) is 4.12. The van der Waals surface area contributed by atoms with Gasteiger partial charge in [-0.15, -0.1) is 0 Å². The summed E-state index contributed by atoms with van der Waals surface area (Å²) in [5.74, 6) is 1.39. The third kappa shape index (κ3) is 2.56. The Hall–Kier alpha value is -3.02. The molecular formula is C18H19N3O3. The number of rotatable bonds is 5. The fourth-order valence-electron chi connectivity index (χ4n) is 2.95. The molecule has 0 aliphatic rings. The van der Waals surface area contributed by atoms with E-state index in [0.29, 0.717) is 17.1 Å². The van der Waals surface area contributed by atoms with Crippen molar-refractivity contribution in [2.75, 3.05) is 14.2 Å². The van der Waals surface area contributed by atoms with Gasteiger partial charge >= 0.3 is 0 Å². The number of primary amides is 1. The lowest BCUT2D eigenvalue weighted by Crippen LogP contribution is -2.28. The number of methoxy groups -OCH3 is 2. The number of benzene rings is 2. The Morgan fingerprint density at radius 1 is 1.12 bits per heavy atom. The molecule has 1 amide bonds. The fraction of sp³-hybridized carbons (Fsp3) is 0.222. The number of aryl methyl sites for hydroxylation is 1. The number of ether oxygens (including phenoxy) is 2. The van der Waals surface area contributed by atoms with Gasteiger partial charge in [0.2, 0.25) is 5.91 Å². The van der Waals surface area contributed by atoms with Crippen LogP contribution < -0.4 is 15.2 Å². The molecular weight excluding hydrogens is 306 g/mol. The lowest BCUT2D eigenvalue weighted by atomic mass is 10.0. The first-order valence-corrected chi connectivity index (χ1v) is 7.51. The van der Waals surface area contributed by atoms with E-state index in [4.69, 9.17) is 15.2 Å². The second-order valence-electron chi connectivity index (χ2n) is 5.44. The molecule has 2 N–H and O–H groups in total. The van der Waals surface area contributed by atoms with Crippen LogP contribution in [0.2, 0.25) is 0 Å². The highest BCUT2D eigenvalue weighted by Gasteiger charge is 2.25. The van der Waals surface area contributed by atoms with Crippen LogP contribution in [0.3, 0.4) is 0 Å². The average Bonchev–Trinajstić information content (AvgIpc) is 2.91. The summed E-state index contributed by atoms with van der Waals surface area (Å²) < 4.78 is 12.4. The molecule has 6 heteroatoms. The number of fused-ring (bicyclic) bond motifs is 1. The number of hydrogen-bond acceptors (Lipinski definition) is 4. The van der Waals surface area contributed by atoms with Gasteiger partial charge in [-0.05, 0) is 36.8 Å². The maximum Gasteiger partial charge on any atom is 0.245 e. The van der Waals surface area contributed by atoms with Crippen molar-refractivity contribution in [1.82, 2.24) is 9.55 Å². The minimum atomic E-state index is -0.683. The Morgan fingerprint density at radius 2 is 1.83 bits per heavy atom. The molecule has 2 aromatic carbocycles. The van der Waals surface area contributed by atoms with Crippen LogP contribution in [-0.2, 0) is 4.79 Å². The Morgan fingerprint density at radius 3 is 2.50 bits per heavy atom. The summed E-state index contributed by atoms with van der Waals surface area (Å²) in [5, 5.41) is 0. The van der Waals surface area contributed by atoms with Crippen molar-refractivity contribution in [3.63, 3.8) is 0 Å². The van der Waals surface area contributed by atoms with E-state index < -0.39 is 11.9 Å². The largest absolute Gasteiger partial charge is 0.493 e. The molecule has 0 saturated carbocycles. The minimum Gasteiger partial charge on any atom is -0.493 e. The van der Waals surface area contributed by atoms with Gasteiger partial charge < -0.3 is 19.8 Å². The van der Waals surface area contributed by atoms with E-state index in [0.717, 1.165) is 16.9 Å². The standard InChI is InChI=1S/C18H19N3O3/c1-11-20-13-6-4-5-7-14(13)21(11)17(18(19)22)12-8-9-15(23-2)16(10-12)24-3/h4-10,17H,1-3H3,(H2,19,22). The van der Waals surface area contributed by atoms with Gasteiger partial charge in [-0.25, -0.2) is 4.98 Å². The van der Waals surface area contributed by atoms with Gasteiger partial charge in [0, 0.05) is 0 Å². The van der Waals surface area contributed by atoms with Gasteiger partial charge in [-0.2, -0.15) is 0 Å². The number of amides is 1. The van der Waals surface area contributed by atoms with Gasteiger partial charge in [0.05, 0.1) is 25.3 Å². The van der Waals surface area contributed by atoms with Crippen molar-refractivity contribution in [2.24, 2.45) is 5.73 Å². The maximum absolute atomic E-state index is 12.2. The number of hydrogen-bond donors (Lipinski definition) is 1.